The summed E-state index contributed by atoms with van der Waals surface area (Å²) in [6.07, 6.45) is 1.49. The van der Waals surface area contributed by atoms with Gasteiger partial charge >= 0.3 is 0 Å². The van der Waals surface area contributed by atoms with Gasteiger partial charge in [0.15, 0.2) is 0 Å². The zero-order valence-electron chi connectivity index (χ0n) is 5.50. The highest BCUT2D eigenvalue weighted by Gasteiger charge is 2.06. The van der Waals surface area contributed by atoms with Crippen LogP contribution >= 0.6 is 0 Å². The Morgan fingerprint density at radius 2 is 2.00 bits per heavy atom. The van der Waals surface area contributed by atoms with E-state index in [9.17, 15) is 14.4 Å². The van der Waals surface area contributed by atoms with Crippen LogP contribution in [0.3, 0.4) is 0 Å². The Morgan fingerprint density at radius 3 is 2.40 bits per heavy atom. The quantitative estimate of drug-likeness (QED) is 0.317. The van der Waals surface area contributed by atoms with E-state index >= 15 is 0 Å². The van der Waals surface area contributed by atoms with Crippen molar-refractivity contribution in [2.75, 3.05) is 0 Å². The molecule has 0 spiro atoms. The summed E-state index contributed by atoms with van der Waals surface area (Å²) in [6.45, 7) is 0. The number of ketones is 1. The number of hydrogen-bond acceptors (Lipinski definition) is 3. The molecule has 10 heavy (non-hydrogen) atoms. The highest BCUT2D eigenvalue weighted by molar-refractivity contribution is 6.35. The van der Waals surface area contributed by atoms with Crippen molar-refractivity contribution in [1.82, 2.24) is 0 Å². The Kier molecular flexibility index (Phi) is 4.11. The zero-order chi connectivity index (χ0) is 7.98. The number of carbonyl (C=O) groups is 3. The predicted molar refractivity (Wildman–Crippen MR) is 34.1 cm³/mol. The topological polar surface area (TPSA) is 77.2 Å². The SMILES string of the molecule is NC(=O)C(=O)CCCC=O. The number of nitrogens with two attached hydrogens (primary N) is 1. The van der Waals surface area contributed by atoms with Gasteiger partial charge in [-0.05, 0) is 6.42 Å². The van der Waals surface area contributed by atoms with E-state index < -0.39 is 11.7 Å². The van der Waals surface area contributed by atoms with Gasteiger partial charge in [-0.1, -0.05) is 0 Å². The van der Waals surface area contributed by atoms with Crippen molar-refractivity contribution in [2.45, 2.75) is 19.3 Å². The van der Waals surface area contributed by atoms with Gasteiger partial charge in [-0.3, -0.25) is 9.59 Å². The molecule has 56 valence electrons. The minimum atomic E-state index is -0.925. The van der Waals surface area contributed by atoms with E-state index in [0.717, 1.165) is 0 Å². The highest BCUT2D eigenvalue weighted by Crippen LogP contribution is 1.92. The second-order valence-corrected chi connectivity index (χ2v) is 1.85. The molecule has 0 saturated carbocycles. The fourth-order valence-corrected chi connectivity index (χ4v) is 0.469. The normalized spacial score (nSPS) is 8.80. The summed E-state index contributed by atoms with van der Waals surface area (Å²) < 4.78 is 0. The molecule has 0 radical (unpaired) electrons. The molecule has 0 rings (SSSR count). The van der Waals surface area contributed by atoms with Crippen LogP contribution in [0.1, 0.15) is 19.3 Å². The van der Waals surface area contributed by atoms with Gasteiger partial charge in [0.2, 0.25) is 5.78 Å². The number of Topliss-reactive ketones (excluding diaryl/α,β-unsaturated/α-hetero) is 1. The Morgan fingerprint density at radius 1 is 1.40 bits per heavy atom. The molecule has 4 nitrogen and oxygen atoms in total. The predicted octanol–water partition coefficient (Wildman–Crippen LogP) is -0.590. The van der Waals surface area contributed by atoms with E-state index in [2.05, 4.69) is 5.73 Å². The van der Waals surface area contributed by atoms with Crippen molar-refractivity contribution in [3.63, 3.8) is 0 Å². The fourth-order valence-electron chi connectivity index (χ4n) is 0.469. The Bertz CT molecular complexity index is 153. The average Bonchev–Trinajstić information content (AvgIpc) is 1.88. The number of aldehydes is 1. The molecule has 0 aliphatic heterocycles. The first-order valence-electron chi connectivity index (χ1n) is 2.94. The first kappa shape index (κ1) is 8.81. The van der Waals surface area contributed by atoms with Gasteiger partial charge < -0.3 is 10.5 Å². The second-order valence-electron chi connectivity index (χ2n) is 1.85. The number of primary amides is 1. The first-order valence-corrected chi connectivity index (χ1v) is 2.94. The lowest BCUT2D eigenvalue weighted by Gasteiger charge is -1.90. The van der Waals surface area contributed by atoms with Crippen LogP contribution in [-0.2, 0) is 14.4 Å². The average molecular weight is 143 g/mol. The molecule has 0 fully saturated rings. The number of rotatable bonds is 5. The summed E-state index contributed by atoms with van der Waals surface area (Å²) in [4.78, 5) is 30.2. The van der Waals surface area contributed by atoms with Crippen LogP contribution in [0.2, 0.25) is 0 Å². The Hall–Kier alpha value is -1.19. The third-order valence-electron chi connectivity index (χ3n) is 1.00. The van der Waals surface area contributed by atoms with Crippen molar-refractivity contribution in [3.8, 4) is 0 Å². The summed E-state index contributed by atoms with van der Waals surface area (Å²) in [6, 6.07) is 0. The van der Waals surface area contributed by atoms with E-state index in [1.54, 1.807) is 0 Å². The van der Waals surface area contributed by atoms with E-state index in [1.165, 1.54) is 0 Å². The smallest absolute Gasteiger partial charge is 0.284 e. The maximum atomic E-state index is 10.4. The Labute approximate surface area is 58.4 Å². The molecular weight excluding hydrogens is 134 g/mol. The minimum absolute atomic E-state index is 0.0775. The summed E-state index contributed by atoms with van der Waals surface area (Å²) in [5.74, 6) is -1.53. The molecule has 0 aromatic heterocycles. The molecule has 0 bridgehead atoms. The van der Waals surface area contributed by atoms with Gasteiger partial charge in [0.05, 0.1) is 0 Å². The Balaban J connectivity index is 3.40. The largest absolute Gasteiger partial charge is 0.363 e. The van der Waals surface area contributed by atoms with Crippen molar-refractivity contribution < 1.29 is 14.4 Å². The van der Waals surface area contributed by atoms with Gasteiger partial charge in [-0.25, -0.2) is 0 Å². The number of amides is 1. The summed E-state index contributed by atoms with van der Waals surface area (Å²) in [7, 11) is 0. The van der Waals surface area contributed by atoms with E-state index in [0.29, 0.717) is 19.1 Å². The van der Waals surface area contributed by atoms with E-state index in [-0.39, 0.29) is 6.42 Å². The van der Waals surface area contributed by atoms with Crippen LogP contribution in [-0.4, -0.2) is 18.0 Å². The molecule has 2 N–H and O–H groups in total. The third-order valence-corrected chi connectivity index (χ3v) is 1.00. The molecule has 0 atom stereocenters. The lowest BCUT2D eigenvalue weighted by Crippen LogP contribution is -2.22. The molecule has 0 aliphatic rings. The van der Waals surface area contributed by atoms with Gasteiger partial charge in [0.25, 0.3) is 5.91 Å². The minimum Gasteiger partial charge on any atom is -0.363 e. The van der Waals surface area contributed by atoms with Crippen LogP contribution in [0.15, 0.2) is 0 Å². The second kappa shape index (κ2) is 4.67. The van der Waals surface area contributed by atoms with Crippen LogP contribution in [0.4, 0.5) is 0 Å². The lowest BCUT2D eigenvalue weighted by atomic mass is 10.2. The zero-order valence-corrected chi connectivity index (χ0v) is 5.50. The summed E-state index contributed by atoms with van der Waals surface area (Å²) in [5.41, 5.74) is 4.64. The van der Waals surface area contributed by atoms with Crippen LogP contribution in [0, 0.1) is 0 Å². The van der Waals surface area contributed by atoms with Gasteiger partial charge in [0.1, 0.15) is 6.29 Å². The number of carbonyl (C=O) groups excluding carboxylic acids is 3. The molecule has 0 aliphatic carbocycles. The van der Waals surface area contributed by atoms with E-state index in [1.807, 2.05) is 0 Å². The lowest BCUT2D eigenvalue weighted by molar-refractivity contribution is -0.136. The van der Waals surface area contributed by atoms with Crippen molar-refractivity contribution in [2.24, 2.45) is 5.73 Å². The van der Waals surface area contributed by atoms with Crippen LogP contribution in [0.25, 0.3) is 0 Å². The molecule has 4 heteroatoms. The standard InChI is InChI=1S/C6H9NO3/c7-6(10)5(9)3-1-2-4-8/h4H,1-3H2,(H2,7,10). The van der Waals surface area contributed by atoms with Gasteiger partial charge in [-0.2, -0.15) is 0 Å². The van der Waals surface area contributed by atoms with Gasteiger partial charge in [-0.15, -0.1) is 0 Å². The number of unbranched alkanes of at least 4 members (excludes halogenated alkanes) is 1. The van der Waals surface area contributed by atoms with Crippen molar-refractivity contribution in [1.29, 1.82) is 0 Å². The fraction of sp³-hybridized carbons (Fsp3) is 0.500. The van der Waals surface area contributed by atoms with Crippen LogP contribution in [0.5, 0.6) is 0 Å². The van der Waals surface area contributed by atoms with E-state index in [4.69, 9.17) is 0 Å². The molecule has 1 amide bonds. The molecule has 0 aromatic carbocycles. The third kappa shape index (κ3) is 3.77. The number of hydrogen-bond donors (Lipinski definition) is 1. The molecular formula is C6H9NO3. The summed E-state index contributed by atoms with van der Waals surface area (Å²) >= 11 is 0. The molecule has 0 heterocycles. The van der Waals surface area contributed by atoms with Crippen LogP contribution < -0.4 is 5.73 Å². The molecule has 0 aromatic rings. The molecule has 0 saturated heterocycles. The highest BCUT2D eigenvalue weighted by atomic mass is 16.2. The van der Waals surface area contributed by atoms with Crippen molar-refractivity contribution >= 4 is 18.0 Å². The summed E-state index contributed by atoms with van der Waals surface area (Å²) in [5, 5.41) is 0. The first-order chi connectivity index (χ1) is 4.68. The monoisotopic (exact) mass is 143 g/mol. The molecule has 0 unspecified atom stereocenters. The van der Waals surface area contributed by atoms with Crippen molar-refractivity contribution in [3.05, 3.63) is 0 Å². The maximum absolute atomic E-state index is 10.4. The van der Waals surface area contributed by atoms with Gasteiger partial charge in [0, 0.05) is 12.8 Å². The maximum Gasteiger partial charge on any atom is 0.284 e.